The van der Waals surface area contributed by atoms with E-state index in [9.17, 15) is 23.1 Å². The van der Waals surface area contributed by atoms with Gasteiger partial charge in [0.15, 0.2) is 0 Å². The van der Waals surface area contributed by atoms with Crippen molar-refractivity contribution in [2.75, 3.05) is 31.5 Å². The summed E-state index contributed by atoms with van der Waals surface area (Å²) in [4.78, 5) is 27.8. The van der Waals surface area contributed by atoms with Crippen LogP contribution in [-0.2, 0) is 27.7 Å². The molecule has 2 aromatic rings. The first kappa shape index (κ1) is 23.4. The standard InChI is InChI=1S/C21H27N3O5S3/c1-13-5-6-15-16(12-13)31-20(18(15)21(26)27)22-19(25)14(2)23-7-9-24(10-8-23)32(28,29)17-4-3-11-30-17/h3-4,11,13-14H,5-10,12H2,1-2H3,(H,22,25)(H,26,27)/t13-,14-/m1/s1. The molecule has 1 aliphatic heterocycles. The van der Waals surface area contributed by atoms with E-state index in [0.717, 1.165) is 29.7 Å². The molecule has 2 aromatic heterocycles. The molecule has 1 saturated heterocycles. The van der Waals surface area contributed by atoms with Crippen LogP contribution in [0.1, 0.15) is 41.1 Å². The zero-order valence-electron chi connectivity index (χ0n) is 18.0. The molecule has 0 spiro atoms. The number of fused-ring (bicyclic) bond motifs is 1. The highest BCUT2D eigenvalue weighted by atomic mass is 32.2. The number of sulfonamides is 1. The van der Waals surface area contributed by atoms with Gasteiger partial charge in [-0.2, -0.15) is 4.31 Å². The van der Waals surface area contributed by atoms with Crippen LogP contribution in [0, 0.1) is 5.92 Å². The van der Waals surface area contributed by atoms with Crippen molar-refractivity contribution in [3.63, 3.8) is 0 Å². The van der Waals surface area contributed by atoms with Gasteiger partial charge in [0.2, 0.25) is 5.91 Å². The van der Waals surface area contributed by atoms with Gasteiger partial charge >= 0.3 is 5.97 Å². The summed E-state index contributed by atoms with van der Waals surface area (Å²) in [5, 5.41) is 14.7. The van der Waals surface area contributed by atoms with Gasteiger partial charge in [-0.15, -0.1) is 22.7 Å². The van der Waals surface area contributed by atoms with Crippen LogP contribution in [0.15, 0.2) is 21.7 Å². The molecule has 32 heavy (non-hydrogen) atoms. The number of nitrogens with zero attached hydrogens (tertiary/aromatic N) is 2. The van der Waals surface area contributed by atoms with Crippen molar-refractivity contribution in [2.45, 2.75) is 43.4 Å². The third-order valence-electron chi connectivity index (χ3n) is 6.25. The number of carbonyl (C=O) groups excluding carboxylic acids is 1. The Hall–Kier alpha value is -1.79. The second-order valence-electron chi connectivity index (χ2n) is 8.40. The van der Waals surface area contributed by atoms with E-state index in [0.29, 0.717) is 41.3 Å². The normalized spacial score (nSPS) is 21.1. The second kappa shape index (κ2) is 9.22. The van der Waals surface area contributed by atoms with Gasteiger partial charge in [0, 0.05) is 31.1 Å². The molecule has 4 rings (SSSR count). The van der Waals surface area contributed by atoms with Crippen molar-refractivity contribution < 1.29 is 23.1 Å². The number of aromatic carboxylic acids is 1. The summed E-state index contributed by atoms with van der Waals surface area (Å²) in [6, 6.07) is 2.82. The molecule has 11 heteroatoms. The largest absolute Gasteiger partial charge is 0.478 e. The lowest BCUT2D eigenvalue weighted by Crippen LogP contribution is -2.53. The minimum absolute atomic E-state index is 0.226. The zero-order chi connectivity index (χ0) is 23.0. The van der Waals surface area contributed by atoms with Crippen LogP contribution in [0.4, 0.5) is 5.00 Å². The highest BCUT2D eigenvalue weighted by Crippen LogP contribution is 2.39. The average molecular weight is 498 g/mol. The van der Waals surface area contributed by atoms with Gasteiger partial charge in [0.05, 0.1) is 11.6 Å². The number of thiophene rings is 2. The summed E-state index contributed by atoms with van der Waals surface area (Å²) in [6.45, 7) is 5.41. The average Bonchev–Trinajstić information content (AvgIpc) is 3.41. The number of amides is 1. The van der Waals surface area contributed by atoms with E-state index in [-0.39, 0.29) is 11.5 Å². The Morgan fingerprint density at radius 2 is 1.97 bits per heavy atom. The van der Waals surface area contributed by atoms with Crippen molar-refractivity contribution in [1.29, 1.82) is 0 Å². The van der Waals surface area contributed by atoms with E-state index in [2.05, 4.69) is 12.2 Å². The minimum atomic E-state index is -3.50. The lowest BCUT2D eigenvalue weighted by atomic mass is 9.88. The molecule has 174 valence electrons. The van der Waals surface area contributed by atoms with E-state index < -0.39 is 22.0 Å². The third kappa shape index (κ3) is 4.49. The minimum Gasteiger partial charge on any atom is -0.478 e. The monoisotopic (exact) mass is 497 g/mol. The third-order valence-corrected chi connectivity index (χ3v) is 10.7. The number of carbonyl (C=O) groups is 2. The van der Waals surface area contributed by atoms with Crippen LogP contribution in [0.25, 0.3) is 0 Å². The smallest absolute Gasteiger partial charge is 0.339 e. The van der Waals surface area contributed by atoms with Gasteiger partial charge < -0.3 is 10.4 Å². The number of rotatable bonds is 6. The van der Waals surface area contributed by atoms with Gasteiger partial charge in [0.25, 0.3) is 10.0 Å². The number of carboxylic acids is 1. The van der Waals surface area contributed by atoms with E-state index >= 15 is 0 Å². The lowest BCUT2D eigenvalue weighted by Gasteiger charge is -2.36. The van der Waals surface area contributed by atoms with Crippen molar-refractivity contribution in [2.24, 2.45) is 5.92 Å². The zero-order valence-corrected chi connectivity index (χ0v) is 20.5. The molecule has 2 atom stereocenters. The van der Waals surface area contributed by atoms with Crippen LogP contribution >= 0.6 is 22.7 Å². The summed E-state index contributed by atoms with van der Waals surface area (Å²) in [5.41, 5.74) is 1.08. The van der Waals surface area contributed by atoms with Crippen molar-refractivity contribution in [1.82, 2.24) is 9.21 Å². The molecule has 3 heterocycles. The van der Waals surface area contributed by atoms with Gasteiger partial charge in [0.1, 0.15) is 9.21 Å². The van der Waals surface area contributed by atoms with Crippen LogP contribution in [0.2, 0.25) is 0 Å². The quantitative estimate of drug-likeness (QED) is 0.636. The fourth-order valence-electron chi connectivity index (χ4n) is 4.32. The molecule has 0 bridgehead atoms. The summed E-state index contributed by atoms with van der Waals surface area (Å²) < 4.78 is 27.2. The number of piperazine rings is 1. The Labute approximate surface area is 195 Å². The molecule has 0 unspecified atom stereocenters. The highest BCUT2D eigenvalue weighted by Gasteiger charge is 2.33. The number of carboxylic acid groups (broad SMARTS) is 1. The number of anilines is 1. The molecule has 1 amide bonds. The van der Waals surface area contributed by atoms with Crippen LogP contribution in [0.5, 0.6) is 0 Å². The first-order chi connectivity index (χ1) is 15.2. The molecule has 1 fully saturated rings. The Balaban J connectivity index is 1.42. The maximum absolute atomic E-state index is 13.0. The highest BCUT2D eigenvalue weighted by molar-refractivity contribution is 7.91. The number of nitrogens with one attached hydrogen (secondary N) is 1. The number of hydrogen-bond acceptors (Lipinski definition) is 7. The van der Waals surface area contributed by atoms with Gasteiger partial charge in [-0.05, 0) is 49.1 Å². The van der Waals surface area contributed by atoms with E-state index in [1.165, 1.54) is 27.0 Å². The Morgan fingerprint density at radius 3 is 2.59 bits per heavy atom. The Morgan fingerprint density at radius 1 is 1.25 bits per heavy atom. The first-order valence-corrected chi connectivity index (χ1v) is 13.8. The maximum atomic E-state index is 13.0. The molecule has 0 aromatic carbocycles. The van der Waals surface area contributed by atoms with Crippen molar-refractivity contribution >= 4 is 49.6 Å². The molecule has 8 nitrogen and oxygen atoms in total. The van der Waals surface area contributed by atoms with Gasteiger partial charge in [-0.3, -0.25) is 9.69 Å². The summed E-state index contributed by atoms with van der Waals surface area (Å²) in [5.74, 6) is -0.770. The van der Waals surface area contributed by atoms with E-state index in [1.54, 1.807) is 24.4 Å². The van der Waals surface area contributed by atoms with Crippen LogP contribution in [0.3, 0.4) is 0 Å². The van der Waals surface area contributed by atoms with Crippen molar-refractivity contribution in [3.05, 3.63) is 33.5 Å². The van der Waals surface area contributed by atoms with Gasteiger partial charge in [-0.25, -0.2) is 13.2 Å². The molecule has 0 saturated carbocycles. The predicted molar refractivity (Wildman–Crippen MR) is 125 cm³/mol. The van der Waals surface area contributed by atoms with E-state index in [4.69, 9.17) is 0 Å². The first-order valence-electron chi connectivity index (χ1n) is 10.6. The Kier molecular flexibility index (Phi) is 6.73. The fourth-order valence-corrected chi connectivity index (χ4v) is 8.29. The topological polar surface area (TPSA) is 107 Å². The van der Waals surface area contributed by atoms with Crippen molar-refractivity contribution in [3.8, 4) is 0 Å². The molecule has 2 N–H and O–H groups in total. The lowest BCUT2D eigenvalue weighted by molar-refractivity contribution is -0.121. The Bertz CT molecular complexity index is 1100. The van der Waals surface area contributed by atoms with Crippen LogP contribution in [-0.4, -0.2) is 66.8 Å². The van der Waals surface area contributed by atoms with Gasteiger partial charge in [-0.1, -0.05) is 13.0 Å². The molecule has 2 aliphatic rings. The predicted octanol–water partition coefficient (Wildman–Crippen LogP) is 2.97. The second-order valence-corrected chi connectivity index (χ2v) is 12.6. The number of hydrogen-bond donors (Lipinski definition) is 2. The SMILES string of the molecule is C[C@@H]1CCc2c(sc(NC(=O)[C@@H](C)N3CCN(S(=O)(=O)c4cccs4)CC3)c2C(=O)O)C1. The van der Waals surface area contributed by atoms with E-state index in [1.807, 2.05) is 4.90 Å². The summed E-state index contributed by atoms with van der Waals surface area (Å²) >= 11 is 2.57. The molecule has 0 radical (unpaired) electrons. The fraction of sp³-hybridized carbons (Fsp3) is 0.524. The molecule has 1 aliphatic carbocycles. The molecular formula is C21H27N3O5S3. The maximum Gasteiger partial charge on any atom is 0.339 e. The van der Waals surface area contributed by atoms with Crippen LogP contribution < -0.4 is 5.32 Å². The molecular weight excluding hydrogens is 470 g/mol. The summed E-state index contributed by atoms with van der Waals surface area (Å²) in [6.07, 6.45) is 2.51. The summed E-state index contributed by atoms with van der Waals surface area (Å²) in [7, 11) is -3.50.